The Morgan fingerprint density at radius 1 is 1.34 bits per heavy atom. The van der Waals surface area contributed by atoms with Crippen molar-refractivity contribution in [1.82, 2.24) is 24.9 Å². The molecule has 0 bridgehead atoms. The lowest BCUT2D eigenvalue weighted by atomic mass is 10.0. The molecule has 2 aromatic heterocycles. The maximum absolute atomic E-state index is 14.7. The minimum atomic E-state index is -0.432. The number of carbonyl (C=O) groups is 1. The number of hydrogen-bond acceptors (Lipinski definition) is 4. The standard InChI is InChI=1S/C21H24FN5O2/c1-12(15-7-19(28)23-8-15)29-18-6-14(5-17-20(18)21(22)26(2)25-17)16-9-24-27(11-16)10-13-3-4-13/h5-6,9,11-13,15H,3-4,7-8,10H2,1-2H3,(H,23,28)/t12-,15-/m1/s1. The monoisotopic (exact) mass is 397 g/mol. The maximum atomic E-state index is 14.7. The molecule has 5 rings (SSSR count). The molecule has 2 aliphatic rings. The fourth-order valence-corrected chi connectivity index (χ4v) is 3.95. The van der Waals surface area contributed by atoms with Crippen LogP contribution in [-0.4, -0.2) is 38.1 Å². The first-order chi connectivity index (χ1) is 14.0. The molecule has 3 heterocycles. The molecule has 0 spiro atoms. The zero-order valence-corrected chi connectivity index (χ0v) is 16.6. The van der Waals surface area contributed by atoms with E-state index in [0.29, 0.717) is 29.6 Å². The zero-order chi connectivity index (χ0) is 20.1. The second-order valence-electron chi connectivity index (χ2n) is 8.27. The number of aromatic nitrogens is 4. The molecular formula is C21H24FN5O2. The van der Waals surface area contributed by atoms with Crippen LogP contribution in [-0.2, 0) is 18.4 Å². The van der Waals surface area contributed by atoms with Crippen LogP contribution in [0, 0.1) is 17.8 Å². The lowest BCUT2D eigenvalue weighted by Gasteiger charge is -2.20. The molecule has 1 aromatic carbocycles. The normalized spacial score (nSPS) is 20.2. The molecule has 1 amide bonds. The van der Waals surface area contributed by atoms with Crippen molar-refractivity contribution in [2.45, 2.75) is 38.8 Å². The summed E-state index contributed by atoms with van der Waals surface area (Å²) in [5.41, 5.74) is 2.38. The first kappa shape index (κ1) is 18.1. The van der Waals surface area contributed by atoms with Gasteiger partial charge in [-0.1, -0.05) is 0 Å². The average molecular weight is 397 g/mol. The highest BCUT2D eigenvalue weighted by atomic mass is 19.1. The molecule has 152 valence electrons. The van der Waals surface area contributed by atoms with Gasteiger partial charge in [0.05, 0.1) is 17.1 Å². The van der Waals surface area contributed by atoms with Crippen molar-refractivity contribution in [2.75, 3.05) is 6.54 Å². The minimum Gasteiger partial charge on any atom is -0.489 e. The lowest BCUT2D eigenvalue weighted by molar-refractivity contribution is -0.119. The number of nitrogens with zero attached hydrogens (tertiary/aromatic N) is 4. The molecule has 2 fully saturated rings. The predicted octanol–water partition coefficient (Wildman–Crippen LogP) is 2.89. The van der Waals surface area contributed by atoms with Gasteiger partial charge in [0.15, 0.2) is 0 Å². The molecule has 1 saturated heterocycles. The smallest absolute Gasteiger partial charge is 0.222 e. The highest BCUT2D eigenvalue weighted by molar-refractivity contribution is 5.90. The first-order valence-corrected chi connectivity index (χ1v) is 10.1. The van der Waals surface area contributed by atoms with E-state index in [1.54, 1.807) is 7.05 Å². The summed E-state index contributed by atoms with van der Waals surface area (Å²) in [4.78, 5) is 11.6. The van der Waals surface area contributed by atoms with E-state index >= 15 is 0 Å². The highest BCUT2D eigenvalue weighted by Gasteiger charge is 2.29. The third kappa shape index (κ3) is 3.47. The van der Waals surface area contributed by atoms with Gasteiger partial charge >= 0.3 is 0 Å². The van der Waals surface area contributed by atoms with Gasteiger partial charge in [0.2, 0.25) is 11.9 Å². The van der Waals surface area contributed by atoms with Crippen LogP contribution >= 0.6 is 0 Å². The summed E-state index contributed by atoms with van der Waals surface area (Å²) in [7, 11) is 1.58. The Hall–Kier alpha value is -2.90. The molecule has 8 heteroatoms. The highest BCUT2D eigenvalue weighted by Crippen LogP contribution is 2.36. The largest absolute Gasteiger partial charge is 0.489 e. The molecule has 1 N–H and O–H groups in total. The van der Waals surface area contributed by atoms with Gasteiger partial charge in [-0.25, -0.2) is 4.68 Å². The van der Waals surface area contributed by atoms with Crippen molar-refractivity contribution >= 4 is 16.8 Å². The summed E-state index contributed by atoms with van der Waals surface area (Å²) in [5.74, 6) is 0.837. The van der Waals surface area contributed by atoms with Crippen LogP contribution in [0.1, 0.15) is 26.2 Å². The molecule has 2 atom stereocenters. The lowest BCUT2D eigenvalue weighted by Crippen LogP contribution is -2.25. The number of nitrogens with one attached hydrogen (secondary N) is 1. The van der Waals surface area contributed by atoms with Crippen molar-refractivity contribution in [3.05, 3.63) is 30.5 Å². The molecule has 3 aromatic rings. The summed E-state index contributed by atoms with van der Waals surface area (Å²) >= 11 is 0. The van der Waals surface area contributed by atoms with E-state index in [-0.39, 0.29) is 17.9 Å². The van der Waals surface area contributed by atoms with E-state index in [9.17, 15) is 9.18 Å². The molecule has 7 nitrogen and oxygen atoms in total. The maximum Gasteiger partial charge on any atom is 0.222 e. The number of carbonyl (C=O) groups excluding carboxylic acids is 1. The van der Waals surface area contributed by atoms with Gasteiger partial charge in [-0.2, -0.15) is 14.6 Å². The van der Waals surface area contributed by atoms with Gasteiger partial charge < -0.3 is 10.1 Å². The third-order valence-corrected chi connectivity index (χ3v) is 5.92. The van der Waals surface area contributed by atoms with Crippen LogP contribution in [0.15, 0.2) is 24.5 Å². The number of halogens is 1. The number of ether oxygens (including phenoxy) is 1. The molecule has 1 aliphatic carbocycles. The van der Waals surface area contributed by atoms with Gasteiger partial charge in [-0.3, -0.25) is 9.48 Å². The average Bonchev–Trinajstić information content (AvgIpc) is 3.07. The second-order valence-corrected chi connectivity index (χ2v) is 8.27. The number of hydrogen-bond donors (Lipinski definition) is 1. The minimum absolute atomic E-state index is 0.0278. The van der Waals surface area contributed by atoms with Crippen LogP contribution in [0.3, 0.4) is 0 Å². The van der Waals surface area contributed by atoms with E-state index < -0.39 is 5.95 Å². The van der Waals surface area contributed by atoms with E-state index in [2.05, 4.69) is 15.5 Å². The number of rotatable bonds is 6. The van der Waals surface area contributed by atoms with E-state index in [1.165, 1.54) is 17.5 Å². The topological polar surface area (TPSA) is 74.0 Å². The van der Waals surface area contributed by atoms with Crippen LogP contribution in [0.5, 0.6) is 5.75 Å². The Kier molecular flexibility index (Phi) is 4.29. The molecule has 0 unspecified atom stereocenters. The van der Waals surface area contributed by atoms with Crippen molar-refractivity contribution in [3.63, 3.8) is 0 Å². The molecule has 0 radical (unpaired) electrons. The van der Waals surface area contributed by atoms with E-state index in [0.717, 1.165) is 23.6 Å². The Morgan fingerprint density at radius 3 is 2.90 bits per heavy atom. The van der Waals surface area contributed by atoms with Crippen LogP contribution in [0.4, 0.5) is 4.39 Å². The number of fused-ring (bicyclic) bond motifs is 1. The van der Waals surface area contributed by atoms with Crippen LogP contribution in [0.25, 0.3) is 22.0 Å². The summed E-state index contributed by atoms with van der Waals surface area (Å²) in [6, 6.07) is 3.72. The van der Waals surface area contributed by atoms with E-state index in [4.69, 9.17) is 4.74 Å². The molecular weight excluding hydrogens is 373 g/mol. The Labute approximate surface area is 167 Å². The van der Waals surface area contributed by atoms with Crippen molar-refractivity contribution in [2.24, 2.45) is 18.9 Å². The van der Waals surface area contributed by atoms with Crippen molar-refractivity contribution < 1.29 is 13.9 Å². The fourth-order valence-electron chi connectivity index (χ4n) is 3.95. The molecule has 29 heavy (non-hydrogen) atoms. The summed E-state index contributed by atoms with van der Waals surface area (Å²) < 4.78 is 24.1. The molecule has 1 aliphatic heterocycles. The van der Waals surface area contributed by atoms with Crippen molar-refractivity contribution in [3.8, 4) is 16.9 Å². The van der Waals surface area contributed by atoms with Gasteiger partial charge in [-0.15, -0.1) is 0 Å². The second kappa shape index (κ2) is 6.86. The van der Waals surface area contributed by atoms with E-state index in [1.807, 2.05) is 36.1 Å². The Bertz CT molecular complexity index is 1080. The number of benzene rings is 1. The third-order valence-electron chi connectivity index (χ3n) is 5.92. The van der Waals surface area contributed by atoms with Crippen LogP contribution in [0.2, 0.25) is 0 Å². The predicted molar refractivity (Wildman–Crippen MR) is 106 cm³/mol. The SMILES string of the molecule is C[C@@H](Oc1cc(-c2cnn(CC3CC3)c2)cc2nn(C)c(F)c12)[C@H]1CNC(=O)C1. The van der Waals surface area contributed by atoms with Gasteiger partial charge in [-0.05, 0) is 43.4 Å². The summed E-state index contributed by atoms with van der Waals surface area (Å²) in [6.45, 7) is 3.43. The first-order valence-electron chi connectivity index (χ1n) is 10.1. The van der Waals surface area contributed by atoms with Gasteiger partial charge in [0, 0.05) is 44.2 Å². The fraction of sp³-hybridized carbons (Fsp3) is 0.476. The number of aryl methyl sites for hydroxylation is 1. The zero-order valence-electron chi connectivity index (χ0n) is 16.6. The van der Waals surface area contributed by atoms with Gasteiger partial charge in [0.1, 0.15) is 11.9 Å². The number of amides is 1. The summed E-state index contributed by atoms with van der Waals surface area (Å²) in [6.07, 6.45) is 6.57. The summed E-state index contributed by atoms with van der Waals surface area (Å²) in [5, 5.41) is 12.0. The Morgan fingerprint density at radius 2 is 2.17 bits per heavy atom. The van der Waals surface area contributed by atoms with Gasteiger partial charge in [0.25, 0.3) is 0 Å². The van der Waals surface area contributed by atoms with Crippen LogP contribution < -0.4 is 10.1 Å². The quantitative estimate of drug-likeness (QED) is 0.694. The molecule has 1 saturated carbocycles. The Balaban J connectivity index is 1.50. The van der Waals surface area contributed by atoms with Crippen molar-refractivity contribution in [1.29, 1.82) is 0 Å².